The summed E-state index contributed by atoms with van der Waals surface area (Å²) in [6.07, 6.45) is 3.50. The van der Waals surface area contributed by atoms with Crippen molar-refractivity contribution in [3.05, 3.63) is 84.9 Å². The van der Waals surface area contributed by atoms with Crippen LogP contribution in [0.4, 0.5) is 0 Å². The van der Waals surface area contributed by atoms with Gasteiger partial charge in [0.25, 0.3) is 11.8 Å². The average molecular weight is 645 g/mol. The Hall–Kier alpha value is -2.34. The zero-order valence-corrected chi connectivity index (χ0v) is 24.4. The predicted octanol–water partition coefficient (Wildman–Crippen LogP) is 4.49. The highest BCUT2D eigenvalue weighted by Crippen LogP contribution is 2.35. The quantitative estimate of drug-likeness (QED) is 0.315. The Balaban J connectivity index is 1.36. The SMILES string of the molecule is Cc1csc(C2CCCN2C(=O)c2cc(I)cc(C(=O)NC(Cc3ccccc3)C(O)C3CCCN3)c2)n1. The van der Waals surface area contributed by atoms with Gasteiger partial charge in [-0.05, 0) is 91.9 Å². The number of hydrogen-bond donors (Lipinski definition) is 3. The van der Waals surface area contributed by atoms with Gasteiger partial charge in [0.15, 0.2) is 0 Å². The van der Waals surface area contributed by atoms with E-state index < -0.39 is 12.1 Å². The van der Waals surface area contributed by atoms with Crippen LogP contribution in [0.25, 0.3) is 0 Å². The Morgan fingerprint density at radius 3 is 2.68 bits per heavy atom. The molecule has 3 heterocycles. The van der Waals surface area contributed by atoms with Crippen LogP contribution in [-0.2, 0) is 6.42 Å². The molecular formula is C29H33IN4O3S. The second-order valence-electron chi connectivity index (χ2n) is 10.2. The van der Waals surface area contributed by atoms with E-state index in [2.05, 4.69) is 38.2 Å². The highest BCUT2D eigenvalue weighted by molar-refractivity contribution is 14.1. The Labute approximate surface area is 241 Å². The fourth-order valence-electron chi connectivity index (χ4n) is 5.46. The number of benzene rings is 2. The second-order valence-corrected chi connectivity index (χ2v) is 12.3. The highest BCUT2D eigenvalue weighted by Gasteiger charge is 2.34. The number of likely N-dealkylation sites (tertiary alicyclic amines) is 1. The summed E-state index contributed by atoms with van der Waals surface area (Å²) in [5.41, 5.74) is 2.94. The summed E-state index contributed by atoms with van der Waals surface area (Å²) in [5, 5.41) is 20.6. The first-order valence-corrected chi connectivity index (χ1v) is 15.1. The number of nitrogens with zero attached hydrogens (tertiary/aromatic N) is 2. The molecule has 200 valence electrons. The van der Waals surface area contributed by atoms with Crippen molar-refractivity contribution >= 4 is 45.7 Å². The number of rotatable bonds is 8. The Morgan fingerprint density at radius 2 is 1.97 bits per heavy atom. The molecular weight excluding hydrogens is 611 g/mol. The summed E-state index contributed by atoms with van der Waals surface area (Å²) in [5.74, 6) is -0.368. The molecule has 2 aliphatic heterocycles. The van der Waals surface area contributed by atoms with Crippen molar-refractivity contribution in [2.45, 2.75) is 63.3 Å². The Bertz CT molecular complexity index is 1280. The molecule has 0 saturated carbocycles. The average Bonchev–Trinajstić information content (AvgIpc) is 3.69. The highest BCUT2D eigenvalue weighted by atomic mass is 127. The van der Waals surface area contributed by atoms with Gasteiger partial charge in [0.1, 0.15) is 5.01 Å². The van der Waals surface area contributed by atoms with Crippen LogP contribution >= 0.6 is 33.9 Å². The van der Waals surface area contributed by atoms with Crippen LogP contribution in [0, 0.1) is 10.5 Å². The molecule has 1 aromatic heterocycles. The Morgan fingerprint density at radius 1 is 1.18 bits per heavy atom. The molecule has 2 amide bonds. The number of carbonyl (C=O) groups is 2. The lowest BCUT2D eigenvalue weighted by atomic mass is 9.95. The largest absolute Gasteiger partial charge is 0.389 e. The predicted molar refractivity (Wildman–Crippen MR) is 157 cm³/mol. The number of amides is 2. The van der Waals surface area contributed by atoms with E-state index in [-0.39, 0.29) is 23.9 Å². The van der Waals surface area contributed by atoms with Gasteiger partial charge in [-0.15, -0.1) is 11.3 Å². The maximum absolute atomic E-state index is 13.6. The van der Waals surface area contributed by atoms with Gasteiger partial charge in [0, 0.05) is 38.4 Å². The van der Waals surface area contributed by atoms with Crippen LogP contribution in [-0.4, -0.2) is 58.1 Å². The van der Waals surface area contributed by atoms with Gasteiger partial charge in [-0.3, -0.25) is 9.59 Å². The molecule has 5 rings (SSSR count). The van der Waals surface area contributed by atoms with Gasteiger partial charge in [-0.2, -0.15) is 0 Å². The first-order valence-electron chi connectivity index (χ1n) is 13.2. The summed E-state index contributed by atoms with van der Waals surface area (Å²) in [6.45, 7) is 3.51. The van der Waals surface area contributed by atoms with E-state index in [1.165, 1.54) is 0 Å². The fraction of sp³-hybridized carbons (Fsp3) is 0.414. The van der Waals surface area contributed by atoms with Crippen LogP contribution in [0.2, 0.25) is 0 Å². The molecule has 3 N–H and O–H groups in total. The second kappa shape index (κ2) is 12.2. The van der Waals surface area contributed by atoms with Gasteiger partial charge in [-0.1, -0.05) is 30.3 Å². The lowest BCUT2D eigenvalue weighted by Gasteiger charge is -2.29. The van der Waals surface area contributed by atoms with Crippen molar-refractivity contribution in [1.29, 1.82) is 0 Å². The molecule has 0 radical (unpaired) electrons. The minimum Gasteiger partial charge on any atom is -0.389 e. The van der Waals surface area contributed by atoms with E-state index >= 15 is 0 Å². The number of carbonyl (C=O) groups excluding carboxylic acids is 2. The molecule has 7 nitrogen and oxygen atoms in total. The van der Waals surface area contributed by atoms with Gasteiger partial charge in [-0.25, -0.2) is 4.98 Å². The summed E-state index contributed by atoms with van der Waals surface area (Å²) in [4.78, 5) is 33.7. The molecule has 4 atom stereocenters. The van der Waals surface area contributed by atoms with Gasteiger partial charge >= 0.3 is 0 Å². The van der Waals surface area contributed by atoms with Crippen LogP contribution in [0.5, 0.6) is 0 Å². The molecule has 2 saturated heterocycles. The van der Waals surface area contributed by atoms with E-state index in [0.29, 0.717) is 24.1 Å². The van der Waals surface area contributed by atoms with Crippen molar-refractivity contribution in [3.8, 4) is 0 Å². The summed E-state index contributed by atoms with van der Waals surface area (Å²) in [7, 11) is 0. The van der Waals surface area contributed by atoms with Crippen molar-refractivity contribution in [1.82, 2.24) is 20.5 Å². The van der Waals surface area contributed by atoms with Gasteiger partial charge < -0.3 is 20.6 Å². The molecule has 2 aliphatic rings. The zero-order valence-electron chi connectivity index (χ0n) is 21.4. The third kappa shape index (κ3) is 6.27. The first kappa shape index (κ1) is 27.2. The number of aliphatic hydroxyl groups is 1. The minimum absolute atomic E-state index is 0.0272. The van der Waals surface area contributed by atoms with E-state index in [9.17, 15) is 14.7 Å². The van der Waals surface area contributed by atoms with Crippen molar-refractivity contribution in [2.75, 3.05) is 13.1 Å². The molecule has 0 aliphatic carbocycles. The Kier molecular flexibility index (Phi) is 8.77. The summed E-state index contributed by atoms with van der Waals surface area (Å²) < 4.78 is 0.817. The monoisotopic (exact) mass is 644 g/mol. The van der Waals surface area contributed by atoms with Crippen molar-refractivity contribution in [2.24, 2.45) is 0 Å². The molecule has 4 unspecified atom stereocenters. The molecule has 38 heavy (non-hydrogen) atoms. The summed E-state index contributed by atoms with van der Waals surface area (Å²) >= 11 is 3.75. The number of nitrogens with one attached hydrogen (secondary N) is 2. The smallest absolute Gasteiger partial charge is 0.254 e. The molecule has 0 spiro atoms. The number of aryl methyl sites for hydroxylation is 1. The van der Waals surface area contributed by atoms with Crippen molar-refractivity contribution in [3.63, 3.8) is 0 Å². The van der Waals surface area contributed by atoms with Crippen LogP contribution < -0.4 is 10.6 Å². The number of aromatic nitrogens is 1. The topological polar surface area (TPSA) is 94.6 Å². The van der Waals surface area contributed by atoms with Gasteiger partial charge in [0.2, 0.25) is 0 Å². The normalized spacial score (nSPS) is 20.9. The number of hydrogen-bond acceptors (Lipinski definition) is 6. The lowest BCUT2D eigenvalue weighted by Crippen LogP contribution is -2.52. The number of halogens is 1. The van der Waals surface area contributed by atoms with Crippen LogP contribution in [0.1, 0.15) is 68.7 Å². The minimum atomic E-state index is -0.724. The third-order valence-corrected chi connectivity index (χ3v) is 9.07. The van der Waals surface area contributed by atoms with Crippen LogP contribution in [0.15, 0.2) is 53.9 Å². The third-order valence-electron chi connectivity index (χ3n) is 7.38. The molecule has 0 bridgehead atoms. The van der Waals surface area contributed by atoms with Crippen LogP contribution in [0.3, 0.4) is 0 Å². The summed E-state index contributed by atoms with van der Waals surface area (Å²) in [6, 6.07) is 14.7. The van der Waals surface area contributed by atoms with E-state index in [1.807, 2.05) is 53.6 Å². The maximum Gasteiger partial charge on any atom is 0.254 e. The fourth-order valence-corrected chi connectivity index (χ4v) is 7.08. The molecule has 2 fully saturated rings. The molecule has 2 aromatic carbocycles. The lowest BCUT2D eigenvalue weighted by molar-refractivity contribution is 0.0733. The standard InChI is InChI=1S/C29H33IN4O3S/c1-18-17-38-28(32-18)25-10-6-12-34(25)29(37)21-14-20(15-22(30)16-21)27(36)33-24(13-19-7-3-2-4-8-19)26(35)23-9-5-11-31-23/h2-4,7-8,14-17,23-26,31,35H,5-6,9-13H2,1H3,(H,33,36). The number of thiazole rings is 1. The van der Waals surface area contributed by atoms with Crippen molar-refractivity contribution < 1.29 is 14.7 Å². The van der Waals surface area contributed by atoms with E-state index in [1.54, 1.807) is 23.5 Å². The zero-order chi connectivity index (χ0) is 26.6. The molecule has 3 aromatic rings. The van der Waals surface area contributed by atoms with E-state index in [4.69, 9.17) is 0 Å². The maximum atomic E-state index is 13.6. The number of aliphatic hydroxyl groups excluding tert-OH is 1. The first-order chi connectivity index (χ1) is 18.4. The van der Waals surface area contributed by atoms with E-state index in [0.717, 1.165) is 52.1 Å². The molecule has 9 heteroatoms. The van der Waals surface area contributed by atoms with Gasteiger partial charge in [0.05, 0.1) is 18.2 Å².